The van der Waals surface area contributed by atoms with Crippen molar-refractivity contribution in [2.45, 2.75) is 57.3 Å². The van der Waals surface area contributed by atoms with Crippen molar-refractivity contribution < 1.29 is 9.53 Å². The number of carbonyl (C=O) groups is 1. The number of nitrogens with zero attached hydrogens (tertiary/aromatic N) is 1. The van der Waals surface area contributed by atoms with Crippen LogP contribution in [0.3, 0.4) is 0 Å². The number of piperidine rings is 1. The number of aryl methyl sites for hydroxylation is 2. The summed E-state index contributed by atoms with van der Waals surface area (Å²) in [5.74, 6) is -0.0829. The molecule has 154 valence electrons. The lowest BCUT2D eigenvalue weighted by atomic mass is 9.69. The van der Waals surface area contributed by atoms with E-state index < -0.39 is 5.41 Å². The molecule has 4 rings (SSSR count). The molecule has 0 bridgehead atoms. The summed E-state index contributed by atoms with van der Waals surface area (Å²) in [7, 11) is 0. The number of carbonyl (C=O) groups excluding carboxylic acids is 1. The molecule has 0 unspecified atom stereocenters. The molecule has 0 aromatic heterocycles. The van der Waals surface area contributed by atoms with Crippen molar-refractivity contribution in [2.75, 3.05) is 26.2 Å². The number of likely N-dealkylation sites (tertiary alicyclic amines) is 1. The van der Waals surface area contributed by atoms with E-state index in [0.29, 0.717) is 6.61 Å². The Hall–Kier alpha value is -2.13. The highest BCUT2D eigenvalue weighted by atomic mass is 16.5. The Labute approximate surface area is 175 Å². The lowest BCUT2D eigenvalue weighted by molar-refractivity contribution is -0.148. The number of hydrogen-bond donors (Lipinski definition) is 0. The number of hydrogen-bond acceptors (Lipinski definition) is 3. The van der Waals surface area contributed by atoms with Crippen molar-refractivity contribution >= 4 is 5.97 Å². The van der Waals surface area contributed by atoms with E-state index in [0.717, 1.165) is 43.4 Å². The molecule has 0 N–H and O–H groups in total. The molecular formula is C26H33NO2. The largest absolute Gasteiger partial charge is 0.465 e. The first-order valence-electron chi connectivity index (χ1n) is 11.3. The lowest BCUT2D eigenvalue weighted by Gasteiger charge is -2.35. The number of rotatable bonds is 6. The average molecular weight is 392 g/mol. The zero-order valence-electron chi connectivity index (χ0n) is 17.7. The van der Waals surface area contributed by atoms with Gasteiger partial charge in [0.15, 0.2) is 0 Å². The quantitative estimate of drug-likeness (QED) is 0.656. The third kappa shape index (κ3) is 3.98. The minimum atomic E-state index is -0.699. The second-order valence-corrected chi connectivity index (χ2v) is 8.45. The first-order chi connectivity index (χ1) is 14.3. The van der Waals surface area contributed by atoms with E-state index in [2.05, 4.69) is 53.4 Å². The molecular weight excluding hydrogens is 358 g/mol. The maximum absolute atomic E-state index is 13.6. The van der Waals surface area contributed by atoms with Crippen molar-refractivity contribution in [1.29, 1.82) is 0 Å². The Balaban J connectivity index is 1.75. The highest BCUT2D eigenvalue weighted by Crippen LogP contribution is 2.44. The summed E-state index contributed by atoms with van der Waals surface area (Å²) in [6.45, 7) is 5.77. The van der Waals surface area contributed by atoms with Gasteiger partial charge in [0.2, 0.25) is 0 Å². The van der Waals surface area contributed by atoms with Gasteiger partial charge in [0.25, 0.3) is 0 Å². The summed E-state index contributed by atoms with van der Waals surface area (Å²) in [4.78, 5) is 16.2. The molecule has 1 aliphatic carbocycles. The Bertz CT molecular complexity index is 791. The van der Waals surface area contributed by atoms with Crippen LogP contribution >= 0.6 is 0 Å². The highest BCUT2D eigenvalue weighted by Gasteiger charge is 2.46. The first-order valence-corrected chi connectivity index (χ1v) is 11.3. The number of esters is 1. The first kappa shape index (κ1) is 20.2. The lowest BCUT2D eigenvalue weighted by Crippen LogP contribution is -2.41. The highest BCUT2D eigenvalue weighted by molar-refractivity contribution is 5.89. The number of benzene rings is 2. The van der Waals surface area contributed by atoms with Crippen LogP contribution in [0.25, 0.3) is 0 Å². The molecule has 0 spiro atoms. The van der Waals surface area contributed by atoms with E-state index >= 15 is 0 Å². The fraction of sp³-hybridized carbons (Fsp3) is 0.500. The number of ether oxygens (including phenoxy) is 1. The zero-order valence-corrected chi connectivity index (χ0v) is 17.7. The van der Waals surface area contributed by atoms with Gasteiger partial charge >= 0.3 is 5.97 Å². The van der Waals surface area contributed by atoms with E-state index in [1.807, 2.05) is 6.92 Å². The second-order valence-electron chi connectivity index (χ2n) is 8.45. The van der Waals surface area contributed by atoms with Crippen LogP contribution in [0.1, 0.15) is 61.3 Å². The maximum atomic E-state index is 13.6. The van der Waals surface area contributed by atoms with Crippen LogP contribution in [0, 0.1) is 0 Å². The summed E-state index contributed by atoms with van der Waals surface area (Å²) in [5.41, 5.74) is 4.18. The van der Waals surface area contributed by atoms with Crippen molar-refractivity contribution in [2.24, 2.45) is 0 Å². The molecule has 0 amide bonds. The second kappa shape index (κ2) is 9.13. The summed E-state index contributed by atoms with van der Waals surface area (Å²) >= 11 is 0. The normalized spacial score (nSPS) is 18.4. The van der Waals surface area contributed by atoms with Gasteiger partial charge < -0.3 is 9.64 Å². The molecule has 29 heavy (non-hydrogen) atoms. The molecule has 1 fully saturated rings. The molecule has 1 saturated heterocycles. The number of fused-ring (bicyclic) bond motifs is 2. The van der Waals surface area contributed by atoms with Gasteiger partial charge in [-0.05, 0) is 87.3 Å². The van der Waals surface area contributed by atoms with Crippen molar-refractivity contribution in [3.05, 3.63) is 70.8 Å². The van der Waals surface area contributed by atoms with E-state index in [1.165, 1.54) is 43.5 Å². The third-order valence-corrected chi connectivity index (χ3v) is 6.72. The summed E-state index contributed by atoms with van der Waals surface area (Å²) < 4.78 is 5.74. The fourth-order valence-corrected chi connectivity index (χ4v) is 5.32. The van der Waals surface area contributed by atoms with Gasteiger partial charge in [-0.1, -0.05) is 55.0 Å². The minimum absolute atomic E-state index is 0.0829. The Kier molecular flexibility index (Phi) is 6.34. The van der Waals surface area contributed by atoms with Crippen LogP contribution < -0.4 is 0 Å². The van der Waals surface area contributed by atoms with Crippen LogP contribution in [0.2, 0.25) is 0 Å². The SMILES string of the molecule is CCOC(=O)C1(CCCN2CCCCC2)c2ccccc2CCc2ccccc21. The van der Waals surface area contributed by atoms with Gasteiger partial charge in [0, 0.05) is 0 Å². The molecule has 0 radical (unpaired) electrons. The van der Waals surface area contributed by atoms with Crippen molar-refractivity contribution in [1.82, 2.24) is 4.90 Å². The molecule has 2 aromatic rings. The zero-order chi connectivity index (χ0) is 20.1. The van der Waals surface area contributed by atoms with Gasteiger partial charge in [-0.2, -0.15) is 0 Å². The smallest absolute Gasteiger partial charge is 0.321 e. The predicted octanol–water partition coefficient (Wildman–Crippen LogP) is 4.90. The standard InChI is InChI=1S/C26H33NO2/c1-2-29-25(28)26(17-10-20-27-18-8-3-9-19-27)23-13-6-4-11-21(23)15-16-22-12-5-7-14-24(22)26/h4-7,11-14H,2-3,8-10,15-20H2,1H3. The molecule has 0 atom stereocenters. The van der Waals surface area contributed by atoms with Crippen LogP contribution in [0.5, 0.6) is 0 Å². The Morgan fingerprint density at radius 2 is 1.52 bits per heavy atom. The van der Waals surface area contributed by atoms with E-state index in [-0.39, 0.29) is 5.97 Å². The Morgan fingerprint density at radius 3 is 2.10 bits per heavy atom. The van der Waals surface area contributed by atoms with Crippen molar-refractivity contribution in [3.8, 4) is 0 Å². The van der Waals surface area contributed by atoms with E-state index in [4.69, 9.17) is 4.74 Å². The summed E-state index contributed by atoms with van der Waals surface area (Å²) in [6, 6.07) is 17.1. The van der Waals surface area contributed by atoms with Crippen molar-refractivity contribution in [3.63, 3.8) is 0 Å². The predicted molar refractivity (Wildman–Crippen MR) is 117 cm³/mol. The topological polar surface area (TPSA) is 29.5 Å². The fourth-order valence-electron chi connectivity index (χ4n) is 5.32. The average Bonchev–Trinajstić information content (AvgIpc) is 2.91. The van der Waals surface area contributed by atoms with E-state index in [1.54, 1.807) is 0 Å². The molecule has 2 aliphatic rings. The third-order valence-electron chi connectivity index (χ3n) is 6.72. The maximum Gasteiger partial charge on any atom is 0.321 e. The van der Waals surface area contributed by atoms with Gasteiger partial charge in [0.05, 0.1) is 6.61 Å². The molecule has 3 heteroatoms. The molecule has 3 nitrogen and oxygen atoms in total. The summed E-state index contributed by atoms with van der Waals surface area (Å²) in [5, 5.41) is 0. The van der Waals surface area contributed by atoms with E-state index in [9.17, 15) is 4.79 Å². The monoisotopic (exact) mass is 391 g/mol. The van der Waals surface area contributed by atoms with Gasteiger partial charge in [-0.25, -0.2) is 0 Å². The van der Waals surface area contributed by atoms with Crippen LogP contribution in [0.4, 0.5) is 0 Å². The molecule has 0 saturated carbocycles. The van der Waals surface area contributed by atoms with Gasteiger partial charge in [0.1, 0.15) is 5.41 Å². The van der Waals surface area contributed by atoms with Crippen LogP contribution in [0.15, 0.2) is 48.5 Å². The van der Waals surface area contributed by atoms with Crippen LogP contribution in [-0.4, -0.2) is 37.1 Å². The summed E-state index contributed by atoms with van der Waals surface area (Å²) in [6.07, 6.45) is 7.70. The van der Waals surface area contributed by atoms with Crippen LogP contribution in [-0.2, 0) is 27.8 Å². The molecule has 1 heterocycles. The Morgan fingerprint density at radius 1 is 0.931 bits per heavy atom. The van der Waals surface area contributed by atoms with Gasteiger partial charge in [-0.15, -0.1) is 0 Å². The molecule has 2 aromatic carbocycles. The van der Waals surface area contributed by atoms with Gasteiger partial charge in [-0.3, -0.25) is 4.79 Å². The molecule has 1 aliphatic heterocycles. The minimum Gasteiger partial charge on any atom is -0.465 e.